The molecule has 2 rings (SSSR count). The minimum Gasteiger partial charge on any atom is -0.447 e. The topological polar surface area (TPSA) is 75.4 Å². The molecule has 0 spiro atoms. The molecule has 0 radical (unpaired) electrons. The largest absolute Gasteiger partial charge is 0.447 e. The van der Waals surface area contributed by atoms with Gasteiger partial charge in [0.05, 0.1) is 17.6 Å². The number of rotatable bonds is 5. The fourth-order valence-electron chi connectivity index (χ4n) is 1.50. The van der Waals surface area contributed by atoms with Crippen LogP contribution in [0.5, 0.6) is 0 Å². The van der Waals surface area contributed by atoms with Crippen molar-refractivity contribution in [3.8, 4) is 0 Å². The highest BCUT2D eigenvalue weighted by molar-refractivity contribution is 7.89. The van der Waals surface area contributed by atoms with E-state index < -0.39 is 10.0 Å². The number of oxazole rings is 1. The Morgan fingerprint density at radius 1 is 1.37 bits per heavy atom. The molecule has 0 fully saturated rings. The highest BCUT2D eigenvalue weighted by atomic mass is 32.2. The van der Waals surface area contributed by atoms with Gasteiger partial charge in [-0.25, -0.2) is 17.7 Å². The lowest BCUT2D eigenvalue weighted by Crippen LogP contribution is -2.22. The third kappa shape index (κ3) is 3.12. The van der Waals surface area contributed by atoms with Gasteiger partial charge < -0.3 is 9.73 Å². The molecule has 2 aromatic rings. The normalized spacial score (nSPS) is 11.7. The van der Waals surface area contributed by atoms with Crippen LogP contribution in [0.15, 0.2) is 46.2 Å². The van der Waals surface area contributed by atoms with Crippen LogP contribution in [-0.2, 0) is 16.6 Å². The maximum absolute atomic E-state index is 12.0. The van der Waals surface area contributed by atoms with Crippen molar-refractivity contribution < 1.29 is 12.8 Å². The molecule has 1 N–H and O–H groups in total. The molecule has 0 atom stereocenters. The molecule has 19 heavy (non-hydrogen) atoms. The van der Waals surface area contributed by atoms with Crippen molar-refractivity contribution in [2.45, 2.75) is 11.4 Å². The lowest BCUT2D eigenvalue weighted by Gasteiger charge is -2.12. The molecule has 0 bridgehead atoms. The zero-order valence-corrected chi connectivity index (χ0v) is 11.5. The van der Waals surface area contributed by atoms with E-state index in [0.29, 0.717) is 18.0 Å². The Labute approximate surface area is 112 Å². The summed E-state index contributed by atoms with van der Waals surface area (Å²) < 4.78 is 30.2. The lowest BCUT2D eigenvalue weighted by molar-refractivity contribution is 0.511. The van der Waals surface area contributed by atoms with Crippen molar-refractivity contribution in [1.29, 1.82) is 0 Å². The maximum Gasteiger partial charge on any atom is 0.242 e. The molecule has 0 saturated carbocycles. The Morgan fingerprint density at radius 2 is 2.16 bits per heavy atom. The minimum absolute atomic E-state index is 0.250. The third-order valence-corrected chi connectivity index (χ3v) is 4.37. The number of benzene rings is 1. The maximum atomic E-state index is 12.0. The predicted molar refractivity (Wildman–Crippen MR) is 71.1 cm³/mol. The van der Waals surface area contributed by atoms with Crippen LogP contribution in [-0.4, -0.2) is 31.8 Å². The molecule has 0 saturated heterocycles. The van der Waals surface area contributed by atoms with Crippen LogP contribution < -0.4 is 5.32 Å². The van der Waals surface area contributed by atoms with Crippen molar-refractivity contribution >= 4 is 15.7 Å². The number of anilines is 1. The number of nitrogens with zero attached hydrogens (tertiary/aromatic N) is 2. The number of nitrogens with one attached hydrogen (secondary N) is 1. The van der Waals surface area contributed by atoms with Gasteiger partial charge in [-0.3, -0.25) is 0 Å². The van der Waals surface area contributed by atoms with Gasteiger partial charge in [0.1, 0.15) is 5.76 Å². The van der Waals surface area contributed by atoms with Crippen LogP contribution in [0.25, 0.3) is 0 Å². The average Bonchev–Trinajstić information content (AvgIpc) is 2.89. The Morgan fingerprint density at radius 3 is 2.79 bits per heavy atom. The first kappa shape index (κ1) is 13.6. The van der Waals surface area contributed by atoms with Gasteiger partial charge in [-0.05, 0) is 18.2 Å². The molecule has 6 nitrogen and oxygen atoms in total. The first-order chi connectivity index (χ1) is 9.00. The zero-order chi connectivity index (χ0) is 13.9. The standard InChI is InChI=1S/C12H15N3O3S/c1-15(2)19(16,17)12-5-3-4-10(6-12)14-8-11-7-13-9-18-11/h3-7,9,14H,8H2,1-2H3. The second kappa shape index (κ2) is 5.41. The summed E-state index contributed by atoms with van der Waals surface area (Å²) in [5.74, 6) is 0.681. The van der Waals surface area contributed by atoms with E-state index in [0.717, 1.165) is 0 Å². The summed E-state index contributed by atoms with van der Waals surface area (Å²) in [5.41, 5.74) is 0.708. The highest BCUT2D eigenvalue weighted by Gasteiger charge is 2.17. The second-order valence-electron chi connectivity index (χ2n) is 4.14. The molecule has 0 aliphatic heterocycles. The quantitative estimate of drug-likeness (QED) is 0.899. The van der Waals surface area contributed by atoms with Gasteiger partial charge in [-0.15, -0.1) is 0 Å². The lowest BCUT2D eigenvalue weighted by atomic mass is 10.3. The van der Waals surface area contributed by atoms with E-state index in [4.69, 9.17) is 4.42 Å². The molecular weight excluding hydrogens is 266 g/mol. The first-order valence-electron chi connectivity index (χ1n) is 5.64. The summed E-state index contributed by atoms with van der Waals surface area (Å²) in [5, 5.41) is 3.08. The van der Waals surface area contributed by atoms with Gasteiger partial charge in [0.2, 0.25) is 10.0 Å². The summed E-state index contributed by atoms with van der Waals surface area (Å²) in [6.45, 7) is 0.450. The Hall–Kier alpha value is -1.86. The van der Waals surface area contributed by atoms with Crippen LogP contribution in [0.4, 0.5) is 5.69 Å². The van der Waals surface area contributed by atoms with Gasteiger partial charge >= 0.3 is 0 Å². The molecular formula is C12H15N3O3S. The van der Waals surface area contributed by atoms with Gasteiger partial charge in [-0.2, -0.15) is 0 Å². The Bertz CT molecular complexity index is 636. The van der Waals surface area contributed by atoms with Gasteiger partial charge in [0.15, 0.2) is 6.39 Å². The van der Waals surface area contributed by atoms with Crippen molar-refractivity contribution in [3.63, 3.8) is 0 Å². The molecule has 0 aliphatic carbocycles. The van der Waals surface area contributed by atoms with Gasteiger partial charge in [0.25, 0.3) is 0 Å². The van der Waals surface area contributed by atoms with E-state index in [2.05, 4.69) is 10.3 Å². The smallest absolute Gasteiger partial charge is 0.242 e. The molecule has 0 amide bonds. The van der Waals surface area contributed by atoms with E-state index in [9.17, 15) is 8.42 Å². The van der Waals surface area contributed by atoms with Crippen LogP contribution >= 0.6 is 0 Å². The number of sulfonamides is 1. The molecule has 1 aromatic carbocycles. The average molecular weight is 281 g/mol. The summed E-state index contributed by atoms with van der Waals surface area (Å²) in [7, 11) is -0.406. The number of hydrogen-bond acceptors (Lipinski definition) is 5. The molecule has 0 unspecified atom stereocenters. The van der Waals surface area contributed by atoms with Gasteiger partial charge in [0, 0.05) is 19.8 Å². The Kier molecular flexibility index (Phi) is 3.87. The summed E-state index contributed by atoms with van der Waals surface area (Å²) in [6.07, 6.45) is 2.96. The number of hydrogen-bond donors (Lipinski definition) is 1. The summed E-state index contributed by atoms with van der Waals surface area (Å²) in [6, 6.07) is 6.64. The highest BCUT2D eigenvalue weighted by Crippen LogP contribution is 2.18. The zero-order valence-electron chi connectivity index (χ0n) is 10.7. The minimum atomic E-state index is -3.41. The monoisotopic (exact) mass is 281 g/mol. The van der Waals surface area contributed by atoms with E-state index in [-0.39, 0.29) is 4.90 Å². The number of aromatic nitrogens is 1. The van der Waals surface area contributed by atoms with Crippen molar-refractivity contribution in [2.24, 2.45) is 0 Å². The SMILES string of the molecule is CN(C)S(=O)(=O)c1cccc(NCc2cnco2)c1. The van der Waals surface area contributed by atoms with Crippen LogP contribution in [0.2, 0.25) is 0 Å². The summed E-state index contributed by atoms with van der Waals surface area (Å²) in [4.78, 5) is 4.06. The summed E-state index contributed by atoms with van der Waals surface area (Å²) >= 11 is 0. The van der Waals surface area contributed by atoms with E-state index in [1.165, 1.54) is 24.8 Å². The molecule has 1 heterocycles. The van der Waals surface area contributed by atoms with Crippen LogP contribution in [0.3, 0.4) is 0 Å². The van der Waals surface area contributed by atoms with Crippen LogP contribution in [0.1, 0.15) is 5.76 Å². The molecule has 102 valence electrons. The predicted octanol–water partition coefficient (Wildman–Crippen LogP) is 1.54. The van der Waals surface area contributed by atoms with Crippen molar-refractivity contribution in [3.05, 3.63) is 42.6 Å². The van der Waals surface area contributed by atoms with Crippen molar-refractivity contribution in [1.82, 2.24) is 9.29 Å². The van der Waals surface area contributed by atoms with Crippen molar-refractivity contribution in [2.75, 3.05) is 19.4 Å². The molecule has 1 aromatic heterocycles. The second-order valence-corrected chi connectivity index (χ2v) is 6.29. The Balaban J connectivity index is 2.16. The molecule has 7 heteroatoms. The van der Waals surface area contributed by atoms with Crippen LogP contribution in [0, 0.1) is 0 Å². The van der Waals surface area contributed by atoms with Gasteiger partial charge in [-0.1, -0.05) is 6.07 Å². The van der Waals surface area contributed by atoms with E-state index in [1.807, 2.05) is 0 Å². The molecule has 0 aliphatic rings. The fraction of sp³-hybridized carbons (Fsp3) is 0.250. The third-order valence-electron chi connectivity index (χ3n) is 2.56. The van der Waals surface area contributed by atoms with E-state index in [1.54, 1.807) is 30.5 Å². The van der Waals surface area contributed by atoms with E-state index >= 15 is 0 Å². The first-order valence-corrected chi connectivity index (χ1v) is 7.08. The fourth-order valence-corrected chi connectivity index (χ4v) is 2.44.